The van der Waals surface area contributed by atoms with Crippen LogP contribution in [0.1, 0.15) is 0 Å². The molecule has 0 amide bonds. The highest BCUT2D eigenvalue weighted by atomic mass is 35.5. The van der Waals surface area contributed by atoms with E-state index in [2.05, 4.69) is 4.98 Å². The first-order valence-corrected chi connectivity index (χ1v) is 6.48. The maximum absolute atomic E-state index is 9.41. The second-order valence-corrected chi connectivity index (χ2v) is 5.37. The van der Waals surface area contributed by atoms with E-state index in [0.717, 1.165) is 20.8 Å². The van der Waals surface area contributed by atoms with E-state index in [0.29, 0.717) is 10.7 Å². The number of anilines is 1. The van der Waals surface area contributed by atoms with Crippen LogP contribution in [0.4, 0.5) is 5.69 Å². The number of aromatic nitrogens is 1. The number of nitrogen functional groups attached to an aromatic ring is 1. The van der Waals surface area contributed by atoms with Gasteiger partial charge in [0.15, 0.2) is 0 Å². The van der Waals surface area contributed by atoms with E-state index in [9.17, 15) is 5.11 Å². The van der Waals surface area contributed by atoms with E-state index in [-0.39, 0.29) is 5.75 Å². The normalized spacial score (nSPS) is 10.9. The monoisotopic (exact) mass is 276 g/mol. The number of nitrogens with zero attached hydrogens (tertiary/aromatic N) is 1. The summed E-state index contributed by atoms with van der Waals surface area (Å²) in [5.74, 6) is 0.0860. The fraction of sp³-hybridized carbons (Fsp3) is 0. The molecule has 0 atom stereocenters. The van der Waals surface area contributed by atoms with E-state index in [1.807, 2.05) is 18.2 Å². The Morgan fingerprint density at radius 1 is 1.17 bits per heavy atom. The molecule has 3 nitrogen and oxygen atoms in total. The SMILES string of the molecule is Nc1cc(-c2nc3ccc(Cl)cc3s2)ccc1O. The number of hydrogen-bond donors (Lipinski definition) is 2. The average Bonchev–Trinajstić information content (AvgIpc) is 2.75. The zero-order chi connectivity index (χ0) is 12.7. The Kier molecular flexibility index (Phi) is 2.61. The van der Waals surface area contributed by atoms with Crippen LogP contribution in [0.25, 0.3) is 20.8 Å². The third-order valence-corrected chi connectivity index (χ3v) is 3.93. The van der Waals surface area contributed by atoms with E-state index in [1.165, 1.54) is 0 Å². The second-order valence-electron chi connectivity index (χ2n) is 3.90. The maximum Gasteiger partial charge on any atom is 0.138 e. The second kappa shape index (κ2) is 4.15. The van der Waals surface area contributed by atoms with Crippen molar-refractivity contribution in [1.29, 1.82) is 0 Å². The molecule has 0 spiro atoms. The van der Waals surface area contributed by atoms with Gasteiger partial charge in [-0.15, -0.1) is 11.3 Å². The largest absolute Gasteiger partial charge is 0.506 e. The van der Waals surface area contributed by atoms with Gasteiger partial charge in [0.25, 0.3) is 0 Å². The molecule has 0 bridgehead atoms. The van der Waals surface area contributed by atoms with Gasteiger partial charge in [0, 0.05) is 10.6 Å². The molecule has 3 aromatic rings. The summed E-state index contributed by atoms with van der Waals surface area (Å²) in [5.41, 5.74) is 7.83. The van der Waals surface area contributed by atoms with Crippen molar-refractivity contribution >= 4 is 38.8 Å². The number of aromatic hydroxyl groups is 1. The fourth-order valence-corrected chi connectivity index (χ4v) is 2.95. The molecule has 18 heavy (non-hydrogen) atoms. The van der Waals surface area contributed by atoms with Gasteiger partial charge in [-0.2, -0.15) is 0 Å². The molecule has 0 saturated carbocycles. The average molecular weight is 277 g/mol. The molecule has 0 aliphatic heterocycles. The Bertz CT molecular complexity index is 739. The lowest BCUT2D eigenvalue weighted by atomic mass is 10.2. The first-order chi connectivity index (χ1) is 8.63. The fourth-order valence-electron chi connectivity index (χ4n) is 1.71. The smallest absolute Gasteiger partial charge is 0.138 e. The zero-order valence-electron chi connectivity index (χ0n) is 9.22. The van der Waals surface area contributed by atoms with Gasteiger partial charge in [-0.25, -0.2) is 4.98 Å². The van der Waals surface area contributed by atoms with E-state index >= 15 is 0 Å². The van der Waals surface area contributed by atoms with Crippen LogP contribution in [-0.2, 0) is 0 Å². The standard InChI is InChI=1S/C13H9ClN2OS/c14-8-2-3-10-12(6-8)18-13(16-10)7-1-4-11(17)9(15)5-7/h1-6,17H,15H2. The minimum Gasteiger partial charge on any atom is -0.506 e. The molecule has 1 heterocycles. The summed E-state index contributed by atoms with van der Waals surface area (Å²) in [6.45, 7) is 0. The predicted molar refractivity (Wildman–Crippen MR) is 76.1 cm³/mol. The molecule has 0 aliphatic rings. The molecule has 0 unspecified atom stereocenters. The summed E-state index contributed by atoms with van der Waals surface area (Å²) < 4.78 is 1.03. The molecule has 1 aromatic heterocycles. The molecular weight excluding hydrogens is 268 g/mol. The summed E-state index contributed by atoms with van der Waals surface area (Å²) in [5, 5.41) is 11.0. The van der Waals surface area contributed by atoms with Crippen molar-refractivity contribution in [2.24, 2.45) is 0 Å². The van der Waals surface area contributed by atoms with Crippen LogP contribution in [0.15, 0.2) is 36.4 Å². The van der Waals surface area contributed by atoms with Crippen molar-refractivity contribution < 1.29 is 5.11 Å². The lowest BCUT2D eigenvalue weighted by Crippen LogP contribution is -1.86. The number of thiazole rings is 1. The lowest BCUT2D eigenvalue weighted by molar-refractivity contribution is 0.478. The number of phenolic OH excluding ortho intramolecular Hbond substituents is 1. The van der Waals surface area contributed by atoms with Crippen LogP contribution >= 0.6 is 22.9 Å². The Morgan fingerprint density at radius 2 is 2.00 bits per heavy atom. The highest BCUT2D eigenvalue weighted by Gasteiger charge is 2.08. The number of rotatable bonds is 1. The maximum atomic E-state index is 9.41. The summed E-state index contributed by atoms with van der Waals surface area (Å²) in [4.78, 5) is 4.52. The first-order valence-electron chi connectivity index (χ1n) is 5.28. The molecule has 3 N–H and O–H groups in total. The van der Waals surface area contributed by atoms with Crippen molar-refractivity contribution in [1.82, 2.24) is 4.98 Å². The zero-order valence-corrected chi connectivity index (χ0v) is 10.8. The van der Waals surface area contributed by atoms with Gasteiger partial charge in [-0.3, -0.25) is 0 Å². The van der Waals surface area contributed by atoms with Gasteiger partial charge in [0.1, 0.15) is 10.8 Å². The van der Waals surface area contributed by atoms with Crippen molar-refractivity contribution in [2.75, 3.05) is 5.73 Å². The van der Waals surface area contributed by atoms with Gasteiger partial charge in [0.2, 0.25) is 0 Å². The number of fused-ring (bicyclic) bond motifs is 1. The van der Waals surface area contributed by atoms with E-state index in [1.54, 1.807) is 29.5 Å². The number of halogens is 1. The lowest BCUT2D eigenvalue weighted by Gasteiger charge is -2.00. The van der Waals surface area contributed by atoms with Crippen LogP contribution in [0.5, 0.6) is 5.75 Å². The third kappa shape index (κ3) is 1.89. The Balaban J connectivity index is 2.16. The number of benzene rings is 2. The Labute approximate surface area is 112 Å². The molecule has 0 saturated heterocycles. The van der Waals surface area contributed by atoms with Gasteiger partial charge in [-0.1, -0.05) is 11.6 Å². The minimum absolute atomic E-state index is 0.0860. The third-order valence-electron chi connectivity index (χ3n) is 2.62. The summed E-state index contributed by atoms with van der Waals surface area (Å²) in [7, 11) is 0. The van der Waals surface area contributed by atoms with Crippen LogP contribution in [0.3, 0.4) is 0 Å². The molecule has 2 aromatic carbocycles. The minimum atomic E-state index is 0.0860. The molecule has 0 aliphatic carbocycles. The quantitative estimate of drug-likeness (QED) is 0.523. The molecule has 0 radical (unpaired) electrons. The van der Waals surface area contributed by atoms with Crippen molar-refractivity contribution in [3.05, 3.63) is 41.4 Å². The van der Waals surface area contributed by atoms with E-state index < -0.39 is 0 Å². The molecule has 3 rings (SSSR count). The molecular formula is C13H9ClN2OS. The highest BCUT2D eigenvalue weighted by molar-refractivity contribution is 7.21. The summed E-state index contributed by atoms with van der Waals surface area (Å²) >= 11 is 7.49. The van der Waals surface area contributed by atoms with Gasteiger partial charge < -0.3 is 10.8 Å². The number of hydrogen-bond acceptors (Lipinski definition) is 4. The highest BCUT2D eigenvalue weighted by Crippen LogP contribution is 2.34. The Hall–Kier alpha value is -1.78. The van der Waals surface area contributed by atoms with Gasteiger partial charge in [0.05, 0.1) is 15.9 Å². The van der Waals surface area contributed by atoms with Crippen LogP contribution in [0, 0.1) is 0 Å². The van der Waals surface area contributed by atoms with Crippen molar-refractivity contribution in [3.8, 4) is 16.3 Å². The molecule has 90 valence electrons. The summed E-state index contributed by atoms with van der Waals surface area (Å²) in [6, 6.07) is 10.7. The number of phenols is 1. The van der Waals surface area contributed by atoms with Crippen LogP contribution in [-0.4, -0.2) is 10.1 Å². The first kappa shape index (κ1) is 11.3. The van der Waals surface area contributed by atoms with Gasteiger partial charge >= 0.3 is 0 Å². The van der Waals surface area contributed by atoms with Crippen molar-refractivity contribution in [3.63, 3.8) is 0 Å². The van der Waals surface area contributed by atoms with Crippen molar-refractivity contribution in [2.45, 2.75) is 0 Å². The van der Waals surface area contributed by atoms with Crippen LogP contribution in [0.2, 0.25) is 5.02 Å². The molecule has 0 fully saturated rings. The molecule has 5 heteroatoms. The topological polar surface area (TPSA) is 59.1 Å². The van der Waals surface area contributed by atoms with Gasteiger partial charge in [-0.05, 0) is 36.4 Å². The number of nitrogens with two attached hydrogens (primary N) is 1. The predicted octanol–water partition coefficient (Wildman–Crippen LogP) is 3.90. The summed E-state index contributed by atoms with van der Waals surface area (Å²) in [6.07, 6.45) is 0. The van der Waals surface area contributed by atoms with E-state index in [4.69, 9.17) is 17.3 Å². The van der Waals surface area contributed by atoms with Crippen LogP contribution < -0.4 is 5.73 Å². The Morgan fingerprint density at radius 3 is 2.78 bits per heavy atom.